The van der Waals surface area contributed by atoms with Gasteiger partial charge in [0, 0.05) is 34.4 Å². The zero-order valence-corrected chi connectivity index (χ0v) is 18.0. The Kier molecular flexibility index (Phi) is 6.80. The fourth-order valence-electron chi connectivity index (χ4n) is 3.08. The van der Waals surface area contributed by atoms with Gasteiger partial charge in [-0.25, -0.2) is 0 Å². The Bertz CT molecular complexity index is 910. The number of carbonyl (C=O) groups excluding carboxylic acids is 2. The highest BCUT2D eigenvalue weighted by Crippen LogP contribution is 2.18. The summed E-state index contributed by atoms with van der Waals surface area (Å²) in [6.45, 7) is 3.56. The van der Waals surface area contributed by atoms with Gasteiger partial charge < -0.3 is 10.2 Å². The predicted molar refractivity (Wildman–Crippen MR) is 119 cm³/mol. The van der Waals surface area contributed by atoms with Crippen LogP contribution in [0.1, 0.15) is 45.5 Å². The zero-order chi connectivity index (χ0) is 20.1. The lowest BCUT2D eigenvalue weighted by atomic mass is 10.1. The first-order chi connectivity index (χ1) is 13.4. The van der Waals surface area contributed by atoms with Crippen LogP contribution in [-0.4, -0.2) is 34.9 Å². The molecule has 0 saturated carbocycles. The van der Waals surface area contributed by atoms with Crippen molar-refractivity contribution < 1.29 is 9.59 Å². The van der Waals surface area contributed by atoms with E-state index in [0.29, 0.717) is 16.8 Å². The van der Waals surface area contributed by atoms with E-state index in [4.69, 9.17) is 12.2 Å². The van der Waals surface area contributed by atoms with Gasteiger partial charge in [0.15, 0.2) is 5.11 Å². The van der Waals surface area contributed by atoms with Gasteiger partial charge in [-0.3, -0.25) is 14.9 Å². The van der Waals surface area contributed by atoms with Crippen LogP contribution in [0, 0.1) is 6.92 Å². The Morgan fingerprint density at radius 3 is 2.50 bits per heavy atom. The molecular weight excluding hydrogens is 438 g/mol. The lowest BCUT2D eigenvalue weighted by molar-refractivity contribution is 0.0724. The molecule has 3 rings (SSSR count). The van der Waals surface area contributed by atoms with Crippen molar-refractivity contribution >= 4 is 50.8 Å². The van der Waals surface area contributed by atoms with E-state index in [9.17, 15) is 9.59 Å². The Hall–Kier alpha value is -2.25. The molecule has 2 amide bonds. The first-order valence-corrected chi connectivity index (χ1v) is 10.4. The van der Waals surface area contributed by atoms with E-state index >= 15 is 0 Å². The van der Waals surface area contributed by atoms with Crippen LogP contribution in [0.4, 0.5) is 5.69 Å². The molecule has 1 saturated heterocycles. The summed E-state index contributed by atoms with van der Waals surface area (Å²) in [6.07, 6.45) is 3.28. The Morgan fingerprint density at radius 1 is 1.04 bits per heavy atom. The minimum atomic E-state index is -0.293. The fourth-order valence-corrected chi connectivity index (χ4v) is 3.67. The molecule has 0 unspecified atom stereocenters. The van der Waals surface area contributed by atoms with Crippen molar-refractivity contribution in [3.05, 3.63) is 63.6 Å². The highest BCUT2D eigenvalue weighted by molar-refractivity contribution is 9.10. The lowest BCUT2D eigenvalue weighted by Crippen LogP contribution is -2.36. The average molecular weight is 460 g/mol. The second-order valence-electron chi connectivity index (χ2n) is 6.81. The molecule has 0 spiro atoms. The van der Waals surface area contributed by atoms with Gasteiger partial charge in [0.1, 0.15) is 0 Å². The number of halogens is 1. The summed E-state index contributed by atoms with van der Waals surface area (Å²) >= 11 is 8.68. The highest BCUT2D eigenvalue weighted by atomic mass is 79.9. The van der Waals surface area contributed by atoms with Crippen molar-refractivity contribution in [1.82, 2.24) is 10.2 Å². The van der Waals surface area contributed by atoms with Crippen molar-refractivity contribution in [3.8, 4) is 0 Å². The second kappa shape index (κ2) is 9.30. The van der Waals surface area contributed by atoms with Crippen LogP contribution in [0.2, 0.25) is 0 Å². The Labute approximate surface area is 178 Å². The number of anilines is 1. The molecule has 28 heavy (non-hydrogen) atoms. The summed E-state index contributed by atoms with van der Waals surface area (Å²) in [6, 6.07) is 12.5. The van der Waals surface area contributed by atoms with Crippen molar-refractivity contribution in [2.75, 3.05) is 18.4 Å². The van der Waals surface area contributed by atoms with Gasteiger partial charge in [0.05, 0.1) is 0 Å². The van der Waals surface area contributed by atoms with E-state index < -0.39 is 0 Å². The monoisotopic (exact) mass is 459 g/mol. The van der Waals surface area contributed by atoms with E-state index in [0.717, 1.165) is 36.0 Å². The van der Waals surface area contributed by atoms with Crippen molar-refractivity contribution in [2.45, 2.75) is 26.2 Å². The van der Waals surface area contributed by atoms with E-state index in [-0.39, 0.29) is 16.9 Å². The Balaban J connectivity index is 1.63. The van der Waals surface area contributed by atoms with E-state index in [1.807, 2.05) is 24.0 Å². The van der Waals surface area contributed by atoms with Crippen LogP contribution in [0.3, 0.4) is 0 Å². The van der Waals surface area contributed by atoms with Gasteiger partial charge in [-0.05, 0) is 74.3 Å². The maximum Gasteiger partial charge on any atom is 0.257 e. The van der Waals surface area contributed by atoms with E-state index in [1.54, 1.807) is 30.3 Å². The maximum atomic E-state index is 12.7. The third kappa shape index (κ3) is 5.17. The molecule has 146 valence electrons. The molecule has 0 atom stereocenters. The molecule has 1 aliphatic heterocycles. The van der Waals surface area contributed by atoms with E-state index in [1.165, 1.54) is 6.42 Å². The smallest absolute Gasteiger partial charge is 0.257 e. The third-order valence-electron chi connectivity index (χ3n) is 4.67. The third-order valence-corrected chi connectivity index (χ3v) is 5.73. The number of carbonyl (C=O) groups is 2. The number of nitrogens with zero attached hydrogens (tertiary/aromatic N) is 1. The summed E-state index contributed by atoms with van der Waals surface area (Å²) < 4.78 is 0.864. The molecule has 0 aliphatic carbocycles. The van der Waals surface area contributed by atoms with Crippen LogP contribution in [0.5, 0.6) is 0 Å². The average Bonchev–Trinajstić information content (AvgIpc) is 2.70. The number of aryl methyl sites for hydroxylation is 1. The second-order valence-corrected chi connectivity index (χ2v) is 8.07. The SMILES string of the molecule is Cc1ccc(C(=O)NC(=S)Nc2cccc(C(=O)N3CCCCC3)c2)cc1Br. The maximum absolute atomic E-state index is 12.7. The molecule has 1 aliphatic rings. The number of amides is 2. The van der Waals surface area contributed by atoms with Crippen LogP contribution in [-0.2, 0) is 0 Å². The number of rotatable bonds is 3. The zero-order valence-electron chi connectivity index (χ0n) is 15.6. The van der Waals surface area contributed by atoms with Crippen molar-refractivity contribution in [2.24, 2.45) is 0 Å². The number of piperidine rings is 1. The summed E-state index contributed by atoms with van der Waals surface area (Å²) in [7, 11) is 0. The van der Waals surface area contributed by atoms with Gasteiger partial charge in [-0.2, -0.15) is 0 Å². The summed E-state index contributed by atoms with van der Waals surface area (Å²) in [5.41, 5.74) is 2.84. The standard InChI is InChI=1S/C21H22BrN3O2S/c1-14-8-9-15(13-18(14)22)19(26)24-21(28)23-17-7-5-6-16(12-17)20(27)25-10-3-2-4-11-25/h5-9,12-13H,2-4,10-11H2,1H3,(H2,23,24,26,28). The molecule has 0 radical (unpaired) electrons. The number of likely N-dealkylation sites (tertiary alicyclic amines) is 1. The summed E-state index contributed by atoms with van der Waals surface area (Å²) in [5, 5.41) is 5.84. The highest BCUT2D eigenvalue weighted by Gasteiger charge is 2.18. The van der Waals surface area contributed by atoms with E-state index in [2.05, 4.69) is 26.6 Å². The quantitative estimate of drug-likeness (QED) is 0.662. The van der Waals surface area contributed by atoms with Gasteiger partial charge >= 0.3 is 0 Å². The molecule has 0 bridgehead atoms. The molecule has 0 aromatic heterocycles. The molecule has 2 aromatic carbocycles. The van der Waals surface area contributed by atoms with Crippen LogP contribution < -0.4 is 10.6 Å². The molecule has 2 N–H and O–H groups in total. The van der Waals surface area contributed by atoms with Gasteiger partial charge in [0.25, 0.3) is 11.8 Å². The fraction of sp³-hybridized carbons (Fsp3) is 0.286. The molecule has 1 fully saturated rings. The van der Waals surface area contributed by atoms with Gasteiger partial charge in [-0.1, -0.05) is 28.1 Å². The van der Waals surface area contributed by atoms with Crippen molar-refractivity contribution in [1.29, 1.82) is 0 Å². The number of benzene rings is 2. The molecular formula is C21H22BrN3O2S. The van der Waals surface area contributed by atoms with Crippen LogP contribution in [0.15, 0.2) is 46.9 Å². The summed E-state index contributed by atoms with van der Waals surface area (Å²) in [5.74, 6) is -0.262. The van der Waals surface area contributed by atoms with Crippen molar-refractivity contribution in [3.63, 3.8) is 0 Å². The minimum absolute atomic E-state index is 0.0304. The largest absolute Gasteiger partial charge is 0.339 e. The number of hydrogen-bond donors (Lipinski definition) is 2. The molecule has 1 heterocycles. The molecule has 2 aromatic rings. The minimum Gasteiger partial charge on any atom is -0.339 e. The Morgan fingerprint density at radius 2 is 1.79 bits per heavy atom. The predicted octanol–water partition coefficient (Wildman–Crippen LogP) is 4.51. The first-order valence-electron chi connectivity index (χ1n) is 9.22. The number of hydrogen-bond acceptors (Lipinski definition) is 3. The molecule has 5 nitrogen and oxygen atoms in total. The number of thiocarbonyl (C=S) groups is 1. The topological polar surface area (TPSA) is 61.4 Å². The normalized spacial score (nSPS) is 13.7. The first kappa shape index (κ1) is 20.5. The van der Waals surface area contributed by atoms with Gasteiger partial charge in [0.2, 0.25) is 0 Å². The van der Waals surface area contributed by atoms with Crippen LogP contribution in [0.25, 0.3) is 0 Å². The summed E-state index contributed by atoms with van der Waals surface area (Å²) in [4.78, 5) is 26.9. The van der Waals surface area contributed by atoms with Gasteiger partial charge in [-0.15, -0.1) is 0 Å². The molecule has 7 heteroatoms. The van der Waals surface area contributed by atoms with Crippen LogP contribution >= 0.6 is 28.1 Å². The number of nitrogens with one attached hydrogen (secondary N) is 2. The lowest BCUT2D eigenvalue weighted by Gasteiger charge is -2.26.